The lowest BCUT2D eigenvalue weighted by Gasteiger charge is -2.44. The van der Waals surface area contributed by atoms with Gasteiger partial charge in [0.2, 0.25) is 5.91 Å². The first-order valence-corrected chi connectivity index (χ1v) is 8.56. The highest BCUT2D eigenvalue weighted by Gasteiger charge is 2.31. The molecule has 0 spiro atoms. The highest BCUT2D eigenvalue weighted by atomic mass is 32.2. The van der Waals surface area contributed by atoms with Crippen molar-refractivity contribution >= 4 is 15.7 Å². The first kappa shape index (κ1) is 13.8. The minimum absolute atomic E-state index is 0.0438. The Morgan fingerprint density at radius 2 is 2.00 bits per heavy atom. The Morgan fingerprint density at radius 3 is 2.72 bits per heavy atom. The summed E-state index contributed by atoms with van der Waals surface area (Å²) in [5, 5.41) is 0. The van der Waals surface area contributed by atoms with Gasteiger partial charge in [-0.25, -0.2) is 8.42 Å². The van der Waals surface area contributed by atoms with Gasteiger partial charge in [-0.15, -0.1) is 0 Å². The lowest BCUT2D eigenvalue weighted by molar-refractivity contribution is -0.131. The minimum atomic E-state index is -3.20. The number of piperidine rings is 1. The molecule has 0 aliphatic carbocycles. The molecule has 6 heteroatoms. The van der Waals surface area contributed by atoms with Gasteiger partial charge in [0, 0.05) is 31.4 Å². The van der Waals surface area contributed by atoms with E-state index in [0.29, 0.717) is 19.1 Å². The van der Waals surface area contributed by atoms with Crippen LogP contribution in [0.5, 0.6) is 0 Å². The summed E-state index contributed by atoms with van der Waals surface area (Å²) in [6.45, 7) is 4.98. The van der Waals surface area contributed by atoms with E-state index in [-0.39, 0.29) is 17.4 Å². The van der Waals surface area contributed by atoms with Crippen LogP contribution in [-0.4, -0.2) is 67.9 Å². The normalized spacial score (nSPS) is 25.8. The molecule has 1 amide bonds. The minimum Gasteiger partial charge on any atom is -0.339 e. The van der Waals surface area contributed by atoms with Gasteiger partial charge in [0.25, 0.3) is 0 Å². The zero-order valence-electron chi connectivity index (χ0n) is 11.0. The monoisotopic (exact) mass is 274 g/mol. The summed E-state index contributed by atoms with van der Waals surface area (Å²) in [5.41, 5.74) is 0. The van der Waals surface area contributed by atoms with Crippen LogP contribution in [0.4, 0.5) is 0 Å². The zero-order valence-corrected chi connectivity index (χ0v) is 11.8. The van der Waals surface area contributed by atoms with Gasteiger partial charge in [0.15, 0.2) is 9.84 Å². The van der Waals surface area contributed by atoms with Gasteiger partial charge in [0.1, 0.15) is 5.75 Å². The van der Waals surface area contributed by atoms with Crippen LogP contribution in [0, 0.1) is 0 Å². The zero-order chi connectivity index (χ0) is 13.2. The SMILES string of the molecule is CCS(=O)(=O)CC(=O)N1CCN2CCCCC2C1. The number of carbonyl (C=O) groups excluding carboxylic acids is 1. The molecule has 0 aromatic carbocycles. The second-order valence-electron chi connectivity index (χ2n) is 5.20. The molecule has 0 aromatic heterocycles. The third-order valence-electron chi connectivity index (χ3n) is 3.97. The summed E-state index contributed by atoms with van der Waals surface area (Å²) in [5.74, 6) is -0.500. The third-order valence-corrected chi connectivity index (χ3v) is 5.54. The summed E-state index contributed by atoms with van der Waals surface area (Å²) in [6, 6.07) is 0.445. The molecule has 104 valence electrons. The molecular formula is C12H22N2O3S. The van der Waals surface area contributed by atoms with E-state index in [0.717, 1.165) is 19.5 Å². The van der Waals surface area contributed by atoms with E-state index < -0.39 is 9.84 Å². The van der Waals surface area contributed by atoms with Crippen molar-refractivity contribution in [3.05, 3.63) is 0 Å². The molecule has 18 heavy (non-hydrogen) atoms. The van der Waals surface area contributed by atoms with Gasteiger partial charge < -0.3 is 4.90 Å². The summed E-state index contributed by atoms with van der Waals surface area (Å²) >= 11 is 0. The molecule has 0 radical (unpaired) electrons. The summed E-state index contributed by atoms with van der Waals surface area (Å²) in [7, 11) is -3.20. The van der Waals surface area contributed by atoms with Crippen molar-refractivity contribution in [3.8, 4) is 0 Å². The fraction of sp³-hybridized carbons (Fsp3) is 0.917. The standard InChI is InChI=1S/C12H22N2O3S/c1-2-18(16,17)10-12(15)14-8-7-13-6-4-3-5-11(13)9-14/h11H,2-10H2,1H3. The van der Waals surface area contributed by atoms with Gasteiger partial charge in [-0.3, -0.25) is 9.69 Å². The van der Waals surface area contributed by atoms with Crippen LogP contribution >= 0.6 is 0 Å². The van der Waals surface area contributed by atoms with Crippen LogP contribution in [-0.2, 0) is 14.6 Å². The molecule has 2 aliphatic heterocycles. The fourth-order valence-corrected chi connectivity index (χ4v) is 3.53. The van der Waals surface area contributed by atoms with E-state index in [1.54, 1.807) is 11.8 Å². The molecule has 1 atom stereocenters. The lowest BCUT2D eigenvalue weighted by Crippen LogP contribution is -2.57. The molecule has 2 heterocycles. The number of hydrogen-bond acceptors (Lipinski definition) is 4. The number of nitrogens with zero attached hydrogens (tertiary/aromatic N) is 2. The maximum Gasteiger partial charge on any atom is 0.237 e. The molecule has 0 aromatic rings. The molecule has 5 nitrogen and oxygen atoms in total. The van der Waals surface area contributed by atoms with Crippen LogP contribution in [0.3, 0.4) is 0 Å². The molecule has 2 saturated heterocycles. The van der Waals surface area contributed by atoms with Crippen LogP contribution in [0.1, 0.15) is 26.2 Å². The number of carbonyl (C=O) groups is 1. The molecule has 1 unspecified atom stereocenters. The Bertz CT molecular complexity index is 408. The van der Waals surface area contributed by atoms with Crippen molar-refractivity contribution in [2.24, 2.45) is 0 Å². The Kier molecular flexibility index (Phi) is 4.27. The van der Waals surface area contributed by atoms with Crippen LogP contribution in [0.2, 0.25) is 0 Å². The molecule has 2 rings (SSSR count). The average molecular weight is 274 g/mol. The number of rotatable bonds is 3. The lowest BCUT2D eigenvalue weighted by atomic mass is 9.99. The quantitative estimate of drug-likeness (QED) is 0.733. The number of amides is 1. The third kappa shape index (κ3) is 3.23. The Labute approximate surface area is 109 Å². The maximum atomic E-state index is 12.0. The molecule has 2 fully saturated rings. The van der Waals surface area contributed by atoms with E-state index in [4.69, 9.17) is 0 Å². The summed E-state index contributed by atoms with van der Waals surface area (Å²) < 4.78 is 23.0. The summed E-state index contributed by atoms with van der Waals surface area (Å²) in [6.07, 6.45) is 3.59. The van der Waals surface area contributed by atoms with Crippen molar-refractivity contribution in [1.82, 2.24) is 9.80 Å². The number of sulfone groups is 1. The largest absolute Gasteiger partial charge is 0.339 e. The molecule has 0 saturated carbocycles. The van der Waals surface area contributed by atoms with Gasteiger partial charge in [-0.1, -0.05) is 13.3 Å². The second kappa shape index (κ2) is 5.57. The van der Waals surface area contributed by atoms with Crippen molar-refractivity contribution in [3.63, 3.8) is 0 Å². The van der Waals surface area contributed by atoms with E-state index in [1.807, 2.05) is 0 Å². The van der Waals surface area contributed by atoms with Crippen LogP contribution in [0.25, 0.3) is 0 Å². The van der Waals surface area contributed by atoms with E-state index in [9.17, 15) is 13.2 Å². The smallest absolute Gasteiger partial charge is 0.237 e. The van der Waals surface area contributed by atoms with Gasteiger partial charge in [-0.2, -0.15) is 0 Å². The van der Waals surface area contributed by atoms with Crippen molar-refractivity contribution in [1.29, 1.82) is 0 Å². The van der Waals surface area contributed by atoms with Crippen LogP contribution < -0.4 is 0 Å². The average Bonchev–Trinajstić information content (AvgIpc) is 2.37. The summed E-state index contributed by atoms with van der Waals surface area (Å²) in [4.78, 5) is 16.1. The fourth-order valence-electron chi connectivity index (χ4n) is 2.76. The first-order valence-electron chi connectivity index (χ1n) is 6.74. The molecule has 0 N–H and O–H groups in total. The van der Waals surface area contributed by atoms with Crippen molar-refractivity contribution < 1.29 is 13.2 Å². The van der Waals surface area contributed by atoms with Gasteiger partial charge in [0.05, 0.1) is 0 Å². The van der Waals surface area contributed by atoms with Gasteiger partial charge >= 0.3 is 0 Å². The molecule has 0 bridgehead atoms. The Hall–Kier alpha value is -0.620. The Morgan fingerprint density at radius 1 is 1.22 bits per heavy atom. The topological polar surface area (TPSA) is 57.7 Å². The molecular weight excluding hydrogens is 252 g/mol. The van der Waals surface area contributed by atoms with E-state index >= 15 is 0 Å². The number of hydrogen-bond donors (Lipinski definition) is 0. The van der Waals surface area contributed by atoms with E-state index in [1.165, 1.54) is 12.8 Å². The second-order valence-corrected chi connectivity index (χ2v) is 7.56. The number of piperazine rings is 1. The van der Waals surface area contributed by atoms with Crippen molar-refractivity contribution in [2.45, 2.75) is 32.2 Å². The predicted molar refractivity (Wildman–Crippen MR) is 70.1 cm³/mol. The molecule has 2 aliphatic rings. The first-order chi connectivity index (χ1) is 8.52. The predicted octanol–water partition coefficient (Wildman–Crippen LogP) is 0.118. The maximum absolute atomic E-state index is 12.0. The van der Waals surface area contributed by atoms with Crippen molar-refractivity contribution in [2.75, 3.05) is 37.7 Å². The van der Waals surface area contributed by atoms with Crippen LogP contribution in [0.15, 0.2) is 0 Å². The van der Waals surface area contributed by atoms with Gasteiger partial charge in [-0.05, 0) is 19.4 Å². The Balaban J connectivity index is 1.92. The highest BCUT2D eigenvalue weighted by molar-refractivity contribution is 7.92. The van der Waals surface area contributed by atoms with E-state index in [2.05, 4.69) is 4.90 Å². The highest BCUT2D eigenvalue weighted by Crippen LogP contribution is 2.21. The number of fused-ring (bicyclic) bond motifs is 1.